The van der Waals surface area contributed by atoms with E-state index in [4.69, 9.17) is 4.74 Å². The van der Waals surface area contributed by atoms with Crippen molar-refractivity contribution >= 4 is 0 Å². The first kappa shape index (κ1) is 24.5. The summed E-state index contributed by atoms with van der Waals surface area (Å²) in [6.45, 7) is 4.97. The Morgan fingerprint density at radius 1 is 0.742 bits per heavy atom. The topological polar surface area (TPSA) is 9.23 Å². The molecule has 0 amide bonds. The fraction of sp³-hybridized carbons (Fsp3) is 0.786. The van der Waals surface area contributed by atoms with Gasteiger partial charge in [0.2, 0.25) is 5.82 Å². The molecule has 0 aliphatic heterocycles. The maximum absolute atomic E-state index is 14.5. The molecule has 0 aromatic heterocycles. The Morgan fingerprint density at radius 3 is 2.00 bits per heavy atom. The first-order chi connectivity index (χ1) is 15.1. The van der Waals surface area contributed by atoms with Gasteiger partial charge in [0, 0.05) is 0 Å². The molecule has 1 nitrogen and oxygen atoms in total. The highest BCUT2D eigenvalue weighted by Crippen LogP contribution is 2.42. The normalized spacial score (nSPS) is 26.7. The molecule has 3 heteroatoms. The maximum Gasteiger partial charge on any atom is 0.200 e. The summed E-state index contributed by atoms with van der Waals surface area (Å²) in [5.74, 6) is 1.83. The van der Waals surface area contributed by atoms with E-state index >= 15 is 0 Å². The minimum Gasteiger partial charge on any atom is -0.490 e. The van der Waals surface area contributed by atoms with Crippen LogP contribution in [-0.2, 0) is 6.42 Å². The van der Waals surface area contributed by atoms with Gasteiger partial charge in [-0.15, -0.1) is 0 Å². The van der Waals surface area contributed by atoms with Crippen LogP contribution < -0.4 is 4.74 Å². The van der Waals surface area contributed by atoms with E-state index in [1.807, 2.05) is 0 Å². The van der Waals surface area contributed by atoms with E-state index in [2.05, 4.69) is 13.8 Å². The van der Waals surface area contributed by atoms with Crippen molar-refractivity contribution in [3.63, 3.8) is 0 Å². The van der Waals surface area contributed by atoms with Gasteiger partial charge in [0.1, 0.15) is 0 Å². The molecule has 0 atom stereocenters. The van der Waals surface area contributed by atoms with E-state index in [-0.39, 0.29) is 5.75 Å². The van der Waals surface area contributed by atoms with Gasteiger partial charge in [0.25, 0.3) is 0 Å². The van der Waals surface area contributed by atoms with Crippen LogP contribution in [-0.4, -0.2) is 6.61 Å². The van der Waals surface area contributed by atoms with Gasteiger partial charge in [-0.1, -0.05) is 64.9 Å². The van der Waals surface area contributed by atoms with Crippen molar-refractivity contribution in [2.24, 2.45) is 23.7 Å². The number of aryl methyl sites for hydroxylation is 1. The first-order valence-corrected chi connectivity index (χ1v) is 13.2. The molecule has 2 aliphatic rings. The van der Waals surface area contributed by atoms with E-state index in [9.17, 15) is 8.78 Å². The van der Waals surface area contributed by atoms with Gasteiger partial charge in [-0.05, 0) is 86.7 Å². The van der Waals surface area contributed by atoms with Crippen LogP contribution in [0.4, 0.5) is 8.78 Å². The number of unbranched alkanes of at least 4 members (excludes halogenated alkanes) is 3. The summed E-state index contributed by atoms with van der Waals surface area (Å²) in [6, 6.07) is 3.35. The summed E-state index contributed by atoms with van der Waals surface area (Å²) >= 11 is 0. The standard InChI is InChI=1S/C28H44F2O/c1-3-5-6-7-9-25-18-19-26(28(30)27(25)29)31-20-22-12-16-24(17-13-22)23-14-10-21(8-4-2)11-15-23/h18-19,21-24H,3-17,20H2,1-2H3/t21-,22-,23-,24-. The number of ether oxygens (including phenoxy) is 1. The molecule has 0 unspecified atom stereocenters. The molecular formula is C28H44F2O. The molecule has 1 aromatic rings. The highest BCUT2D eigenvalue weighted by Gasteiger charge is 2.31. The van der Waals surface area contributed by atoms with Crippen LogP contribution in [0, 0.1) is 35.3 Å². The van der Waals surface area contributed by atoms with E-state index in [0.29, 0.717) is 24.5 Å². The number of benzene rings is 1. The Morgan fingerprint density at radius 2 is 1.39 bits per heavy atom. The lowest BCUT2D eigenvalue weighted by Gasteiger charge is -2.37. The number of hydrogen-bond acceptors (Lipinski definition) is 1. The first-order valence-electron chi connectivity index (χ1n) is 13.2. The summed E-state index contributed by atoms with van der Waals surface area (Å²) in [5.41, 5.74) is 0.482. The summed E-state index contributed by atoms with van der Waals surface area (Å²) in [4.78, 5) is 0. The average molecular weight is 435 g/mol. The van der Waals surface area contributed by atoms with Gasteiger partial charge in [0.15, 0.2) is 11.6 Å². The zero-order valence-corrected chi connectivity index (χ0v) is 19.9. The predicted octanol–water partition coefficient (Wildman–Crippen LogP) is 8.88. The third kappa shape index (κ3) is 7.19. The zero-order valence-electron chi connectivity index (χ0n) is 19.9. The Hall–Kier alpha value is -1.12. The minimum atomic E-state index is -0.800. The Labute approximate surface area is 189 Å². The van der Waals surface area contributed by atoms with E-state index < -0.39 is 11.6 Å². The second-order valence-electron chi connectivity index (χ2n) is 10.3. The molecule has 0 spiro atoms. The number of halogens is 2. The average Bonchev–Trinajstić information content (AvgIpc) is 2.80. The summed E-state index contributed by atoms with van der Waals surface area (Å²) < 4.78 is 34.7. The molecule has 2 fully saturated rings. The van der Waals surface area contributed by atoms with Gasteiger partial charge in [-0.3, -0.25) is 0 Å². The highest BCUT2D eigenvalue weighted by atomic mass is 19.2. The van der Waals surface area contributed by atoms with Crippen molar-refractivity contribution in [1.29, 1.82) is 0 Å². The van der Waals surface area contributed by atoms with Crippen molar-refractivity contribution < 1.29 is 13.5 Å². The van der Waals surface area contributed by atoms with Crippen LogP contribution in [0.2, 0.25) is 0 Å². The molecule has 0 radical (unpaired) electrons. The third-order valence-corrected chi connectivity index (χ3v) is 8.05. The van der Waals surface area contributed by atoms with Crippen LogP contribution in [0.3, 0.4) is 0 Å². The van der Waals surface area contributed by atoms with E-state index in [1.54, 1.807) is 12.1 Å². The molecular weight excluding hydrogens is 390 g/mol. The van der Waals surface area contributed by atoms with Crippen LogP contribution in [0.15, 0.2) is 12.1 Å². The second-order valence-corrected chi connectivity index (χ2v) is 10.3. The maximum atomic E-state index is 14.5. The van der Waals surface area contributed by atoms with E-state index in [1.165, 1.54) is 64.2 Å². The highest BCUT2D eigenvalue weighted by molar-refractivity contribution is 5.31. The van der Waals surface area contributed by atoms with Crippen LogP contribution in [0.5, 0.6) is 5.75 Å². The predicted molar refractivity (Wildman–Crippen MR) is 126 cm³/mol. The smallest absolute Gasteiger partial charge is 0.200 e. The van der Waals surface area contributed by atoms with Crippen molar-refractivity contribution in [1.82, 2.24) is 0 Å². The van der Waals surface area contributed by atoms with Crippen molar-refractivity contribution in [3.8, 4) is 5.75 Å². The molecule has 0 bridgehead atoms. The Balaban J connectivity index is 1.40. The third-order valence-electron chi connectivity index (χ3n) is 8.05. The van der Waals surface area contributed by atoms with E-state index in [0.717, 1.165) is 43.4 Å². The van der Waals surface area contributed by atoms with Crippen LogP contribution in [0.25, 0.3) is 0 Å². The summed E-state index contributed by atoms with van der Waals surface area (Å²) in [6.07, 6.45) is 18.2. The number of hydrogen-bond donors (Lipinski definition) is 0. The van der Waals surface area contributed by atoms with Crippen molar-refractivity contribution in [3.05, 3.63) is 29.3 Å². The molecule has 2 aliphatic carbocycles. The summed E-state index contributed by atoms with van der Waals surface area (Å²) in [7, 11) is 0. The lowest BCUT2D eigenvalue weighted by Crippen LogP contribution is -2.27. The van der Waals surface area contributed by atoms with Gasteiger partial charge < -0.3 is 4.74 Å². The molecule has 31 heavy (non-hydrogen) atoms. The van der Waals surface area contributed by atoms with Gasteiger partial charge >= 0.3 is 0 Å². The Kier molecular flexibility index (Phi) is 10.1. The fourth-order valence-corrected chi connectivity index (χ4v) is 6.01. The van der Waals surface area contributed by atoms with Gasteiger partial charge in [-0.25, -0.2) is 4.39 Å². The van der Waals surface area contributed by atoms with Crippen LogP contribution >= 0.6 is 0 Å². The van der Waals surface area contributed by atoms with Gasteiger partial charge in [0.05, 0.1) is 6.61 Å². The molecule has 1 aromatic carbocycles. The summed E-state index contributed by atoms with van der Waals surface area (Å²) in [5, 5.41) is 0. The van der Waals surface area contributed by atoms with Crippen molar-refractivity contribution in [2.75, 3.05) is 6.61 Å². The quantitative estimate of drug-likeness (QED) is 0.316. The molecule has 0 N–H and O–H groups in total. The molecule has 0 saturated heterocycles. The second kappa shape index (κ2) is 12.8. The molecule has 0 heterocycles. The lowest BCUT2D eigenvalue weighted by molar-refractivity contribution is 0.120. The molecule has 3 rings (SSSR count). The van der Waals surface area contributed by atoms with Crippen molar-refractivity contribution in [2.45, 2.75) is 110 Å². The lowest BCUT2D eigenvalue weighted by atomic mass is 9.69. The SMILES string of the molecule is CCCCCCc1ccc(OC[C@H]2CC[C@H]([C@H]3CC[C@H](CCC)CC3)CC2)c(F)c1F. The molecule has 2 saturated carbocycles. The largest absolute Gasteiger partial charge is 0.490 e. The zero-order chi connectivity index (χ0) is 22.1. The minimum absolute atomic E-state index is 0.0891. The monoisotopic (exact) mass is 434 g/mol. The van der Waals surface area contributed by atoms with Crippen LogP contribution in [0.1, 0.15) is 109 Å². The van der Waals surface area contributed by atoms with Gasteiger partial charge in [-0.2, -0.15) is 4.39 Å². The Bertz CT molecular complexity index is 643. The fourth-order valence-electron chi connectivity index (χ4n) is 6.01. The molecule has 176 valence electrons. The number of rotatable bonds is 11.